The normalized spacial score (nSPS) is 14.5. The number of anilines is 2. The number of thioether (sulfide) groups is 1. The van der Waals surface area contributed by atoms with Crippen molar-refractivity contribution in [2.24, 2.45) is 5.92 Å². The molecule has 1 aromatic heterocycles. The molecule has 8 heteroatoms. The second-order valence-electron chi connectivity index (χ2n) is 10.9. The van der Waals surface area contributed by atoms with Gasteiger partial charge in [0.05, 0.1) is 12.2 Å². The fourth-order valence-corrected chi connectivity index (χ4v) is 5.60. The van der Waals surface area contributed by atoms with Gasteiger partial charge in [-0.25, -0.2) is 4.68 Å². The lowest BCUT2D eigenvalue weighted by atomic mass is 9.94. The lowest BCUT2D eigenvalue weighted by Crippen LogP contribution is -2.31. The van der Waals surface area contributed by atoms with E-state index in [1.54, 1.807) is 11.8 Å². The first-order chi connectivity index (χ1) is 19.8. The van der Waals surface area contributed by atoms with E-state index in [9.17, 15) is 4.79 Å². The van der Waals surface area contributed by atoms with Crippen molar-refractivity contribution in [1.29, 1.82) is 0 Å². The highest BCUT2D eigenvalue weighted by molar-refractivity contribution is 7.98. The Morgan fingerprint density at radius 2 is 1.80 bits per heavy atom. The third-order valence-corrected chi connectivity index (χ3v) is 7.99. The third-order valence-electron chi connectivity index (χ3n) is 7.08. The zero-order valence-electron chi connectivity index (χ0n) is 24.3. The van der Waals surface area contributed by atoms with Crippen LogP contribution in [-0.4, -0.2) is 27.3 Å². The quantitative estimate of drug-likeness (QED) is 0.193. The molecule has 1 amide bonds. The van der Waals surface area contributed by atoms with E-state index in [1.807, 2.05) is 80.1 Å². The van der Waals surface area contributed by atoms with Gasteiger partial charge in [0, 0.05) is 17.1 Å². The van der Waals surface area contributed by atoms with E-state index in [4.69, 9.17) is 14.8 Å². The molecule has 1 atom stereocenters. The summed E-state index contributed by atoms with van der Waals surface area (Å²) in [5.41, 5.74) is 6.42. The van der Waals surface area contributed by atoms with Crippen LogP contribution in [-0.2, 0) is 10.5 Å². The number of hydrogen-bond donors (Lipinski definition) is 2. The first-order valence-corrected chi connectivity index (χ1v) is 15.0. The van der Waals surface area contributed by atoms with Crippen LogP contribution in [0.4, 0.5) is 11.6 Å². The molecule has 1 unspecified atom stereocenters. The summed E-state index contributed by atoms with van der Waals surface area (Å²) in [6.45, 7) is 11.0. The average Bonchev–Trinajstić information content (AvgIpc) is 3.36. The highest BCUT2D eigenvalue weighted by Gasteiger charge is 2.34. The van der Waals surface area contributed by atoms with Crippen molar-refractivity contribution in [2.75, 3.05) is 17.2 Å². The van der Waals surface area contributed by atoms with Crippen molar-refractivity contribution in [3.8, 4) is 5.75 Å². The number of fused-ring (bicyclic) bond motifs is 1. The molecule has 2 heterocycles. The van der Waals surface area contributed by atoms with Crippen LogP contribution in [0.15, 0.2) is 89.2 Å². The maximum Gasteiger partial charge on any atom is 0.255 e. The molecule has 0 aliphatic carbocycles. The Kier molecular flexibility index (Phi) is 8.78. The van der Waals surface area contributed by atoms with Gasteiger partial charge < -0.3 is 15.4 Å². The van der Waals surface area contributed by atoms with Gasteiger partial charge in [-0.15, -0.1) is 5.10 Å². The Morgan fingerprint density at radius 3 is 2.51 bits per heavy atom. The largest absolute Gasteiger partial charge is 0.494 e. The zero-order valence-corrected chi connectivity index (χ0v) is 25.1. The molecule has 3 aromatic carbocycles. The maximum atomic E-state index is 13.9. The Morgan fingerprint density at radius 1 is 1.05 bits per heavy atom. The molecule has 0 saturated carbocycles. The first-order valence-electron chi connectivity index (χ1n) is 14.0. The van der Waals surface area contributed by atoms with E-state index in [0.29, 0.717) is 29.2 Å². The lowest BCUT2D eigenvalue weighted by molar-refractivity contribution is -0.113. The molecule has 7 nitrogen and oxygen atoms in total. The standard InChI is InChI=1S/C33H37N5O2S/c1-21(2)17-18-40-27-14-12-26(13-15-27)30-29(31(39)35-28-16-11-22(3)19-23(28)4)24(5)34-32-36-33(37-38(30)32)41-20-25-9-7-6-8-10-25/h6-16,19,21,30H,17-18,20H2,1-5H3,(H,35,39)(H,34,36,37). The van der Waals surface area contributed by atoms with Crippen LogP contribution in [0.1, 0.15) is 55.5 Å². The molecule has 41 heavy (non-hydrogen) atoms. The predicted molar refractivity (Wildman–Crippen MR) is 166 cm³/mol. The van der Waals surface area contributed by atoms with Crippen LogP contribution >= 0.6 is 11.8 Å². The van der Waals surface area contributed by atoms with Crippen LogP contribution in [0.5, 0.6) is 5.75 Å². The van der Waals surface area contributed by atoms with Crippen molar-refractivity contribution >= 4 is 29.3 Å². The number of amides is 1. The van der Waals surface area contributed by atoms with Crippen molar-refractivity contribution in [3.05, 3.63) is 106 Å². The van der Waals surface area contributed by atoms with Gasteiger partial charge in [-0.05, 0) is 68.0 Å². The van der Waals surface area contributed by atoms with Gasteiger partial charge in [0.2, 0.25) is 11.1 Å². The summed E-state index contributed by atoms with van der Waals surface area (Å²) in [4.78, 5) is 18.7. The third kappa shape index (κ3) is 6.82. The molecule has 0 saturated heterocycles. The molecule has 212 valence electrons. The minimum absolute atomic E-state index is 0.177. The van der Waals surface area contributed by atoms with Gasteiger partial charge in [-0.3, -0.25) is 4.79 Å². The molecule has 0 spiro atoms. The molecule has 0 bridgehead atoms. The summed E-state index contributed by atoms with van der Waals surface area (Å²) < 4.78 is 7.79. The Labute approximate surface area is 246 Å². The van der Waals surface area contributed by atoms with Gasteiger partial charge in [0.15, 0.2) is 0 Å². The van der Waals surface area contributed by atoms with Gasteiger partial charge in [0.25, 0.3) is 5.91 Å². The SMILES string of the molecule is CC1=C(C(=O)Nc2ccc(C)cc2C)C(c2ccc(OCCC(C)C)cc2)n2nc(SCc3ccccc3)nc2N1. The summed E-state index contributed by atoms with van der Waals surface area (Å²) in [5.74, 6) is 2.58. The zero-order chi connectivity index (χ0) is 28.9. The minimum Gasteiger partial charge on any atom is -0.494 e. The number of benzene rings is 3. The molecule has 1 aliphatic rings. The van der Waals surface area contributed by atoms with Crippen molar-refractivity contribution in [3.63, 3.8) is 0 Å². The number of rotatable bonds is 10. The van der Waals surface area contributed by atoms with E-state index < -0.39 is 6.04 Å². The predicted octanol–water partition coefficient (Wildman–Crippen LogP) is 7.54. The smallest absolute Gasteiger partial charge is 0.255 e. The Hall–Kier alpha value is -4.04. The fourth-order valence-electron chi connectivity index (χ4n) is 4.82. The number of nitrogens with zero attached hydrogens (tertiary/aromatic N) is 3. The van der Waals surface area contributed by atoms with Crippen LogP contribution in [0.25, 0.3) is 0 Å². The van der Waals surface area contributed by atoms with Gasteiger partial charge in [0.1, 0.15) is 11.8 Å². The molecule has 4 aromatic rings. The second-order valence-corrected chi connectivity index (χ2v) is 11.8. The Bertz CT molecular complexity index is 1540. The van der Waals surface area contributed by atoms with E-state index in [2.05, 4.69) is 42.7 Å². The van der Waals surface area contributed by atoms with E-state index in [0.717, 1.165) is 46.0 Å². The molecular weight excluding hydrogens is 530 g/mol. The number of allylic oxidation sites excluding steroid dienone is 1. The number of hydrogen-bond acceptors (Lipinski definition) is 6. The number of ether oxygens (including phenoxy) is 1. The number of nitrogens with one attached hydrogen (secondary N) is 2. The van der Waals surface area contributed by atoms with E-state index in [-0.39, 0.29) is 5.91 Å². The number of carbonyl (C=O) groups excluding carboxylic acids is 1. The number of aromatic nitrogens is 3. The number of carbonyl (C=O) groups is 1. The molecule has 5 rings (SSSR count). The average molecular weight is 568 g/mol. The monoisotopic (exact) mass is 567 g/mol. The summed E-state index contributed by atoms with van der Waals surface area (Å²) in [6, 6.07) is 23.8. The highest BCUT2D eigenvalue weighted by Crippen LogP contribution is 2.37. The Balaban J connectivity index is 1.46. The van der Waals surface area contributed by atoms with Gasteiger partial charge in [-0.1, -0.05) is 85.8 Å². The molecule has 0 radical (unpaired) electrons. The van der Waals surface area contributed by atoms with Gasteiger partial charge in [-0.2, -0.15) is 4.98 Å². The maximum absolute atomic E-state index is 13.9. The summed E-state index contributed by atoms with van der Waals surface area (Å²) >= 11 is 1.57. The lowest BCUT2D eigenvalue weighted by Gasteiger charge is -2.29. The van der Waals surface area contributed by atoms with Crippen molar-refractivity contribution < 1.29 is 9.53 Å². The second kappa shape index (κ2) is 12.6. The van der Waals surface area contributed by atoms with Crippen LogP contribution in [0, 0.1) is 19.8 Å². The van der Waals surface area contributed by atoms with Gasteiger partial charge >= 0.3 is 0 Å². The van der Waals surface area contributed by atoms with Crippen LogP contribution < -0.4 is 15.4 Å². The van der Waals surface area contributed by atoms with E-state index >= 15 is 0 Å². The summed E-state index contributed by atoms with van der Waals surface area (Å²) in [6.07, 6.45) is 0.993. The van der Waals surface area contributed by atoms with Crippen molar-refractivity contribution in [1.82, 2.24) is 14.8 Å². The minimum atomic E-state index is -0.458. The van der Waals surface area contributed by atoms with Crippen LogP contribution in [0.3, 0.4) is 0 Å². The molecule has 0 fully saturated rings. The van der Waals surface area contributed by atoms with Crippen LogP contribution in [0.2, 0.25) is 0 Å². The summed E-state index contributed by atoms with van der Waals surface area (Å²) in [7, 11) is 0. The first kappa shape index (κ1) is 28.5. The number of aryl methyl sites for hydroxylation is 2. The molecule has 2 N–H and O–H groups in total. The molecular formula is C33H37N5O2S. The highest BCUT2D eigenvalue weighted by atomic mass is 32.2. The van der Waals surface area contributed by atoms with E-state index in [1.165, 1.54) is 5.56 Å². The topological polar surface area (TPSA) is 81.1 Å². The van der Waals surface area contributed by atoms with Crippen molar-refractivity contribution in [2.45, 2.75) is 58.0 Å². The molecule has 1 aliphatic heterocycles. The fraction of sp³-hybridized carbons (Fsp3) is 0.303. The summed E-state index contributed by atoms with van der Waals surface area (Å²) in [5, 5.41) is 12.0.